The van der Waals surface area contributed by atoms with E-state index >= 15 is 0 Å². The SMILES string of the molecule is COC(=O)c1ccccc1CNCCN1CCCC1. The third kappa shape index (κ3) is 4.04. The smallest absolute Gasteiger partial charge is 0.338 e. The highest BCUT2D eigenvalue weighted by Crippen LogP contribution is 2.10. The van der Waals surface area contributed by atoms with Crippen LogP contribution in [-0.4, -0.2) is 44.2 Å². The van der Waals surface area contributed by atoms with Crippen molar-refractivity contribution in [2.75, 3.05) is 33.3 Å². The monoisotopic (exact) mass is 262 g/mol. The van der Waals surface area contributed by atoms with Crippen LogP contribution in [0.5, 0.6) is 0 Å². The summed E-state index contributed by atoms with van der Waals surface area (Å²) in [4.78, 5) is 14.1. The Balaban J connectivity index is 1.80. The van der Waals surface area contributed by atoms with Gasteiger partial charge in [-0.2, -0.15) is 0 Å². The maximum absolute atomic E-state index is 11.6. The number of hydrogen-bond donors (Lipinski definition) is 1. The molecule has 0 bridgehead atoms. The lowest BCUT2D eigenvalue weighted by atomic mass is 10.1. The molecule has 0 atom stereocenters. The van der Waals surface area contributed by atoms with Crippen LogP contribution in [0.25, 0.3) is 0 Å². The van der Waals surface area contributed by atoms with Gasteiger partial charge in [0.2, 0.25) is 0 Å². The number of benzene rings is 1. The first-order valence-electron chi connectivity index (χ1n) is 6.90. The van der Waals surface area contributed by atoms with Crippen LogP contribution in [0.2, 0.25) is 0 Å². The van der Waals surface area contributed by atoms with Gasteiger partial charge in [0.15, 0.2) is 0 Å². The van der Waals surface area contributed by atoms with Crippen LogP contribution >= 0.6 is 0 Å². The van der Waals surface area contributed by atoms with Gasteiger partial charge < -0.3 is 15.0 Å². The van der Waals surface area contributed by atoms with E-state index < -0.39 is 0 Å². The van der Waals surface area contributed by atoms with Gasteiger partial charge in [0.25, 0.3) is 0 Å². The van der Waals surface area contributed by atoms with Crippen LogP contribution in [0.15, 0.2) is 24.3 Å². The van der Waals surface area contributed by atoms with Crippen molar-refractivity contribution in [3.05, 3.63) is 35.4 Å². The zero-order valence-electron chi connectivity index (χ0n) is 11.5. The number of esters is 1. The summed E-state index contributed by atoms with van der Waals surface area (Å²) in [5.41, 5.74) is 1.65. The molecule has 1 heterocycles. The molecule has 1 aromatic rings. The van der Waals surface area contributed by atoms with E-state index in [1.165, 1.54) is 33.0 Å². The molecule has 0 spiro atoms. The van der Waals surface area contributed by atoms with Crippen LogP contribution < -0.4 is 5.32 Å². The maximum Gasteiger partial charge on any atom is 0.338 e. The van der Waals surface area contributed by atoms with E-state index in [-0.39, 0.29) is 5.97 Å². The number of carbonyl (C=O) groups excluding carboxylic acids is 1. The zero-order valence-corrected chi connectivity index (χ0v) is 11.5. The van der Waals surface area contributed by atoms with E-state index in [1.54, 1.807) is 0 Å². The highest BCUT2D eigenvalue weighted by Gasteiger charge is 2.12. The summed E-state index contributed by atoms with van der Waals surface area (Å²) in [6.45, 7) is 5.19. The second-order valence-corrected chi connectivity index (χ2v) is 4.87. The molecule has 2 rings (SSSR count). The normalized spacial score (nSPS) is 15.6. The molecule has 0 radical (unpaired) electrons. The Morgan fingerprint density at radius 3 is 2.79 bits per heavy atom. The zero-order chi connectivity index (χ0) is 13.5. The Morgan fingerprint density at radius 1 is 1.32 bits per heavy atom. The van der Waals surface area contributed by atoms with Crippen molar-refractivity contribution in [1.82, 2.24) is 10.2 Å². The Hall–Kier alpha value is -1.39. The van der Waals surface area contributed by atoms with E-state index in [0.29, 0.717) is 12.1 Å². The number of nitrogens with zero attached hydrogens (tertiary/aromatic N) is 1. The molecule has 104 valence electrons. The molecular weight excluding hydrogens is 240 g/mol. The summed E-state index contributed by atoms with van der Waals surface area (Å²) in [6, 6.07) is 7.59. The van der Waals surface area contributed by atoms with Gasteiger partial charge in [-0.3, -0.25) is 0 Å². The molecule has 0 aliphatic carbocycles. The summed E-state index contributed by atoms with van der Waals surface area (Å²) in [7, 11) is 1.42. The lowest BCUT2D eigenvalue weighted by Gasteiger charge is -2.15. The lowest BCUT2D eigenvalue weighted by molar-refractivity contribution is 0.0599. The van der Waals surface area contributed by atoms with Gasteiger partial charge in [-0.05, 0) is 37.6 Å². The number of rotatable bonds is 6. The molecule has 0 amide bonds. The first-order chi connectivity index (χ1) is 9.31. The first kappa shape index (κ1) is 14.0. The quantitative estimate of drug-likeness (QED) is 0.625. The van der Waals surface area contributed by atoms with Gasteiger partial charge in [0, 0.05) is 19.6 Å². The van der Waals surface area contributed by atoms with Gasteiger partial charge in [0.05, 0.1) is 12.7 Å². The van der Waals surface area contributed by atoms with Gasteiger partial charge in [-0.1, -0.05) is 18.2 Å². The van der Waals surface area contributed by atoms with E-state index in [1.807, 2.05) is 24.3 Å². The summed E-state index contributed by atoms with van der Waals surface area (Å²) >= 11 is 0. The number of hydrogen-bond acceptors (Lipinski definition) is 4. The fraction of sp³-hybridized carbons (Fsp3) is 0.533. The van der Waals surface area contributed by atoms with Gasteiger partial charge in [-0.15, -0.1) is 0 Å². The first-order valence-corrected chi connectivity index (χ1v) is 6.90. The van der Waals surface area contributed by atoms with Gasteiger partial charge in [0.1, 0.15) is 0 Å². The van der Waals surface area contributed by atoms with Gasteiger partial charge in [-0.25, -0.2) is 4.79 Å². The van der Waals surface area contributed by atoms with E-state index in [4.69, 9.17) is 4.74 Å². The fourth-order valence-corrected chi connectivity index (χ4v) is 2.45. The minimum atomic E-state index is -0.267. The van der Waals surface area contributed by atoms with Crippen molar-refractivity contribution in [3.8, 4) is 0 Å². The van der Waals surface area contributed by atoms with Crippen LogP contribution in [0.4, 0.5) is 0 Å². The van der Waals surface area contributed by atoms with Crippen LogP contribution in [-0.2, 0) is 11.3 Å². The van der Waals surface area contributed by atoms with Crippen molar-refractivity contribution >= 4 is 5.97 Å². The minimum absolute atomic E-state index is 0.267. The predicted octanol–water partition coefficient (Wildman–Crippen LogP) is 1.66. The second-order valence-electron chi connectivity index (χ2n) is 4.87. The predicted molar refractivity (Wildman–Crippen MR) is 75.2 cm³/mol. The largest absolute Gasteiger partial charge is 0.465 e. The number of carbonyl (C=O) groups is 1. The Labute approximate surface area is 114 Å². The van der Waals surface area contributed by atoms with Crippen molar-refractivity contribution in [2.45, 2.75) is 19.4 Å². The Morgan fingerprint density at radius 2 is 2.05 bits per heavy atom. The summed E-state index contributed by atoms with van der Waals surface area (Å²) in [6.07, 6.45) is 2.65. The fourth-order valence-electron chi connectivity index (χ4n) is 2.45. The Bertz CT molecular complexity index is 414. The molecule has 4 heteroatoms. The molecule has 1 aliphatic heterocycles. The number of likely N-dealkylation sites (tertiary alicyclic amines) is 1. The summed E-state index contributed by atoms with van der Waals surface area (Å²) < 4.78 is 4.79. The molecule has 0 saturated carbocycles. The molecule has 1 fully saturated rings. The highest BCUT2D eigenvalue weighted by molar-refractivity contribution is 5.90. The summed E-state index contributed by atoms with van der Waals surface area (Å²) in [5, 5.41) is 3.40. The number of nitrogens with one attached hydrogen (secondary N) is 1. The molecule has 4 nitrogen and oxygen atoms in total. The average Bonchev–Trinajstić information content (AvgIpc) is 2.96. The third-order valence-electron chi connectivity index (χ3n) is 3.54. The van der Waals surface area contributed by atoms with Crippen molar-refractivity contribution in [1.29, 1.82) is 0 Å². The average molecular weight is 262 g/mol. The van der Waals surface area contributed by atoms with E-state index in [2.05, 4.69) is 10.2 Å². The van der Waals surface area contributed by atoms with E-state index in [9.17, 15) is 4.79 Å². The second kappa shape index (κ2) is 7.26. The van der Waals surface area contributed by atoms with Crippen molar-refractivity contribution in [3.63, 3.8) is 0 Å². The van der Waals surface area contributed by atoms with E-state index in [0.717, 1.165) is 18.7 Å². The van der Waals surface area contributed by atoms with Crippen LogP contribution in [0.3, 0.4) is 0 Å². The van der Waals surface area contributed by atoms with Crippen molar-refractivity contribution < 1.29 is 9.53 Å². The molecule has 1 saturated heterocycles. The van der Waals surface area contributed by atoms with Crippen molar-refractivity contribution in [2.24, 2.45) is 0 Å². The topological polar surface area (TPSA) is 41.6 Å². The molecule has 0 unspecified atom stereocenters. The van der Waals surface area contributed by atoms with Crippen LogP contribution in [0.1, 0.15) is 28.8 Å². The Kier molecular flexibility index (Phi) is 5.36. The standard InChI is InChI=1S/C15H22N2O2/c1-19-15(18)14-7-3-2-6-13(14)12-16-8-11-17-9-4-5-10-17/h2-3,6-7,16H,4-5,8-12H2,1H3. The molecular formula is C15H22N2O2. The number of ether oxygens (including phenoxy) is 1. The third-order valence-corrected chi connectivity index (χ3v) is 3.54. The molecule has 1 aromatic carbocycles. The lowest BCUT2D eigenvalue weighted by Crippen LogP contribution is -2.30. The molecule has 19 heavy (non-hydrogen) atoms. The maximum atomic E-state index is 11.6. The highest BCUT2D eigenvalue weighted by atomic mass is 16.5. The van der Waals surface area contributed by atoms with Gasteiger partial charge >= 0.3 is 5.97 Å². The number of methoxy groups -OCH3 is 1. The van der Waals surface area contributed by atoms with Crippen LogP contribution in [0, 0.1) is 0 Å². The molecule has 1 aliphatic rings. The molecule has 0 aromatic heterocycles. The molecule has 1 N–H and O–H groups in total. The minimum Gasteiger partial charge on any atom is -0.465 e. The summed E-state index contributed by atoms with van der Waals surface area (Å²) in [5.74, 6) is -0.267.